The van der Waals surface area contributed by atoms with Crippen molar-refractivity contribution in [1.82, 2.24) is 0 Å². The summed E-state index contributed by atoms with van der Waals surface area (Å²) in [5.41, 5.74) is -2.42. The molecule has 4 saturated carbocycles. The summed E-state index contributed by atoms with van der Waals surface area (Å²) in [6.07, 6.45) is -6.67. The van der Waals surface area contributed by atoms with Crippen molar-refractivity contribution in [3.05, 3.63) is 35.9 Å². The Hall–Kier alpha value is -1.92. The number of ketones is 1. The van der Waals surface area contributed by atoms with E-state index in [0.717, 1.165) is 0 Å². The second-order valence-electron chi connectivity index (χ2n) is 10.5. The second-order valence-corrected chi connectivity index (χ2v) is 10.5. The molecule has 1 aromatic rings. The number of fused-ring (bicyclic) bond motifs is 1. The normalized spacial score (nSPS) is 46.2. The molecule has 192 valence electrons. The van der Waals surface area contributed by atoms with Crippen molar-refractivity contribution in [3.8, 4) is 0 Å². The van der Waals surface area contributed by atoms with Gasteiger partial charge in [-0.25, -0.2) is 4.79 Å². The number of methoxy groups -OCH3 is 1. The largest absolute Gasteiger partial charge is 0.461 e. The smallest absolute Gasteiger partial charge is 0.338 e. The van der Waals surface area contributed by atoms with Crippen molar-refractivity contribution in [2.24, 2.45) is 16.7 Å². The number of carbonyl (C=O) groups excluding carboxylic acids is 2. The monoisotopic (exact) mass is 492 g/mol. The number of carbonyl (C=O) groups is 2. The first kappa shape index (κ1) is 24.8. The van der Waals surface area contributed by atoms with Gasteiger partial charge in [0.2, 0.25) is 0 Å². The van der Waals surface area contributed by atoms with E-state index in [9.17, 15) is 30.0 Å². The summed E-state index contributed by atoms with van der Waals surface area (Å²) < 4.78 is 23.7. The van der Waals surface area contributed by atoms with Gasteiger partial charge in [0.25, 0.3) is 0 Å². The number of Topliss-reactive ketones (excluding diaryl/α,β-unsaturated/α-hetero) is 1. The zero-order chi connectivity index (χ0) is 25.2. The van der Waals surface area contributed by atoms with E-state index < -0.39 is 71.7 Å². The molecule has 1 unspecified atom stereocenters. The first-order valence-corrected chi connectivity index (χ1v) is 11.9. The minimum atomic E-state index is -1.60. The predicted molar refractivity (Wildman–Crippen MR) is 118 cm³/mol. The lowest BCUT2D eigenvalue weighted by atomic mass is 9.40. The maximum atomic E-state index is 13.1. The zero-order valence-corrected chi connectivity index (χ0v) is 19.7. The molecule has 0 aromatic heterocycles. The molecule has 0 amide bonds. The lowest BCUT2D eigenvalue weighted by Gasteiger charge is -2.68. The summed E-state index contributed by atoms with van der Waals surface area (Å²) in [5, 5.41) is 40.7. The Labute approximate surface area is 202 Å². The SMILES string of the molecule is COC1C[C@@]2(C)CC(=O)[C@@H]3C[C@]2(O[C@@H]2O[C@H](CO)[C@@H](O)[C@H](O)[C@H]2O)[C@@]13COC(=O)c1ccccc1. The highest BCUT2D eigenvalue weighted by molar-refractivity contribution is 5.90. The summed E-state index contributed by atoms with van der Waals surface area (Å²) >= 11 is 0. The van der Waals surface area contributed by atoms with E-state index in [0.29, 0.717) is 18.4 Å². The molecule has 5 fully saturated rings. The lowest BCUT2D eigenvalue weighted by molar-refractivity contribution is -0.389. The molecule has 10 heteroatoms. The molecule has 4 bridgehead atoms. The average Bonchev–Trinajstić information content (AvgIpc) is 2.93. The van der Waals surface area contributed by atoms with Crippen LogP contribution in [-0.2, 0) is 23.7 Å². The number of aliphatic hydroxyl groups excluding tert-OH is 4. The third kappa shape index (κ3) is 3.28. The molecule has 4 aliphatic carbocycles. The second kappa shape index (κ2) is 8.58. The summed E-state index contributed by atoms with van der Waals surface area (Å²) in [6.45, 7) is 1.19. The summed E-state index contributed by atoms with van der Waals surface area (Å²) in [4.78, 5) is 25.9. The molecule has 10 nitrogen and oxygen atoms in total. The average molecular weight is 493 g/mol. The molecule has 4 N–H and O–H groups in total. The molecule has 6 rings (SSSR count). The highest BCUT2D eigenvalue weighted by atomic mass is 16.7. The van der Waals surface area contributed by atoms with Crippen LogP contribution in [0.3, 0.4) is 0 Å². The van der Waals surface area contributed by atoms with E-state index in [2.05, 4.69) is 0 Å². The van der Waals surface area contributed by atoms with Crippen LogP contribution in [0.15, 0.2) is 30.3 Å². The summed E-state index contributed by atoms with van der Waals surface area (Å²) in [6, 6.07) is 8.52. The highest BCUT2D eigenvalue weighted by Gasteiger charge is 2.86. The van der Waals surface area contributed by atoms with E-state index in [-0.39, 0.29) is 18.8 Å². The molecule has 1 aromatic carbocycles. The summed E-state index contributed by atoms with van der Waals surface area (Å²) in [7, 11) is 1.54. The highest BCUT2D eigenvalue weighted by Crippen LogP contribution is 2.77. The lowest BCUT2D eigenvalue weighted by Crippen LogP contribution is -2.78. The Bertz CT molecular complexity index is 984. The van der Waals surface area contributed by atoms with Crippen molar-refractivity contribution < 1.29 is 49.0 Å². The van der Waals surface area contributed by atoms with Crippen molar-refractivity contribution in [2.45, 2.75) is 68.6 Å². The van der Waals surface area contributed by atoms with Crippen molar-refractivity contribution in [3.63, 3.8) is 0 Å². The van der Waals surface area contributed by atoms with E-state index in [1.54, 1.807) is 37.4 Å². The van der Waals surface area contributed by atoms with Crippen LogP contribution < -0.4 is 0 Å². The molecule has 5 aliphatic rings. The van der Waals surface area contributed by atoms with Crippen molar-refractivity contribution in [1.29, 1.82) is 0 Å². The Balaban J connectivity index is 1.49. The van der Waals surface area contributed by atoms with Gasteiger partial charge in [0.1, 0.15) is 36.8 Å². The van der Waals surface area contributed by atoms with Crippen LogP contribution in [0, 0.1) is 16.7 Å². The molecule has 0 radical (unpaired) electrons. The van der Waals surface area contributed by atoms with Gasteiger partial charge in [-0.15, -0.1) is 0 Å². The van der Waals surface area contributed by atoms with E-state index in [1.807, 2.05) is 6.92 Å². The number of esters is 1. The van der Waals surface area contributed by atoms with Gasteiger partial charge in [-0.2, -0.15) is 0 Å². The minimum Gasteiger partial charge on any atom is -0.461 e. The van der Waals surface area contributed by atoms with Crippen LogP contribution in [0.1, 0.15) is 36.5 Å². The number of hydrogen-bond acceptors (Lipinski definition) is 10. The van der Waals surface area contributed by atoms with Crippen LogP contribution in [-0.4, -0.2) is 94.9 Å². The van der Waals surface area contributed by atoms with Gasteiger partial charge in [-0.1, -0.05) is 25.1 Å². The third-order valence-electron chi connectivity index (χ3n) is 8.91. The van der Waals surface area contributed by atoms with Crippen LogP contribution in [0.4, 0.5) is 0 Å². The fourth-order valence-electron chi connectivity index (χ4n) is 7.09. The molecule has 35 heavy (non-hydrogen) atoms. The van der Waals surface area contributed by atoms with Crippen LogP contribution in [0.5, 0.6) is 0 Å². The van der Waals surface area contributed by atoms with Gasteiger partial charge in [-0.3, -0.25) is 4.79 Å². The Morgan fingerprint density at radius 2 is 1.83 bits per heavy atom. The van der Waals surface area contributed by atoms with Gasteiger partial charge in [0, 0.05) is 24.9 Å². The maximum absolute atomic E-state index is 13.1. The standard InChI is InChI=1S/C25H32O10/c1-23-9-15(27)14-8-25(23,35-22-20(30)19(29)18(28)16(11-26)34-22)24(14,17(10-23)32-2)12-33-21(31)13-6-4-3-5-7-13/h3-7,14,16-20,22,26,28-30H,8-12H2,1-2H3/t14-,16+,17?,18+,19-,20+,22-,23+,24+,25+/m0/s1. The molecular formula is C25H32O10. The predicted octanol–water partition coefficient (Wildman–Crippen LogP) is -0.197. The fourth-order valence-corrected chi connectivity index (χ4v) is 7.09. The van der Waals surface area contributed by atoms with E-state index >= 15 is 0 Å². The number of rotatable bonds is 7. The third-order valence-corrected chi connectivity index (χ3v) is 8.91. The van der Waals surface area contributed by atoms with E-state index in [1.165, 1.54) is 0 Å². The van der Waals surface area contributed by atoms with Gasteiger partial charge >= 0.3 is 5.97 Å². The number of ether oxygens (including phenoxy) is 4. The summed E-state index contributed by atoms with van der Waals surface area (Å²) in [5.74, 6) is -0.970. The van der Waals surface area contributed by atoms with Gasteiger partial charge in [-0.05, 0) is 25.0 Å². The molecule has 1 aliphatic heterocycles. The number of aliphatic hydroxyl groups is 4. The van der Waals surface area contributed by atoms with E-state index in [4.69, 9.17) is 18.9 Å². The number of hydrogen-bond donors (Lipinski definition) is 4. The van der Waals surface area contributed by atoms with Crippen LogP contribution in [0.25, 0.3) is 0 Å². The van der Waals surface area contributed by atoms with Crippen LogP contribution in [0.2, 0.25) is 0 Å². The van der Waals surface area contributed by atoms with Crippen LogP contribution >= 0.6 is 0 Å². The van der Waals surface area contributed by atoms with Gasteiger partial charge in [0.05, 0.1) is 29.3 Å². The number of benzene rings is 1. The molecule has 0 spiro atoms. The topological polar surface area (TPSA) is 152 Å². The molecule has 1 saturated heterocycles. The Morgan fingerprint density at radius 3 is 2.49 bits per heavy atom. The molecule has 10 atom stereocenters. The first-order chi connectivity index (χ1) is 16.6. The molecular weight excluding hydrogens is 460 g/mol. The Kier molecular flexibility index (Phi) is 6.07. The van der Waals surface area contributed by atoms with Crippen molar-refractivity contribution >= 4 is 11.8 Å². The van der Waals surface area contributed by atoms with Crippen molar-refractivity contribution in [2.75, 3.05) is 20.3 Å². The van der Waals surface area contributed by atoms with Gasteiger partial charge < -0.3 is 39.4 Å². The maximum Gasteiger partial charge on any atom is 0.338 e. The minimum absolute atomic E-state index is 0.0436. The van der Waals surface area contributed by atoms with Gasteiger partial charge in [0.15, 0.2) is 6.29 Å². The quantitative estimate of drug-likeness (QED) is 0.377. The fraction of sp³-hybridized carbons (Fsp3) is 0.680. The Morgan fingerprint density at radius 1 is 1.11 bits per heavy atom. The zero-order valence-electron chi connectivity index (χ0n) is 19.7. The molecule has 1 heterocycles. The first-order valence-electron chi connectivity index (χ1n) is 11.9.